The monoisotopic (exact) mass is 260 g/mol. The molecule has 0 aliphatic carbocycles. The molecule has 0 spiro atoms. The highest BCUT2D eigenvalue weighted by atomic mass is 14.3. The van der Waals surface area contributed by atoms with Crippen LogP contribution in [0.4, 0.5) is 0 Å². The molecule has 1 aromatic rings. The van der Waals surface area contributed by atoms with Crippen molar-refractivity contribution in [2.24, 2.45) is 0 Å². The van der Waals surface area contributed by atoms with Crippen LogP contribution in [-0.2, 0) is 0 Å². The second-order valence-electron chi connectivity index (χ2n) is 4.27. The summed E-state index contributed by atoms with van der Waals surface area (Å²) in [6.45, 7) is 4.13. The maximum atomic E-state index is 9.07. The zero-order valence-electron chi connectivity index (χ0n) is 11.9. The summed E-state index contributed by atoms with van der Waals surface area (Å²) in [6, 6.07) is 7.39. The molecule has 1 rings (SSSR count). The van der Waals surface area contributed by atoms with Crippen molar-refractivity contribution < 1.29 is 0 Å². The summed E-state index contributed by atoms with van der Waals surface area (Å²) in [7, 11) is 0. The number of hydrogen-bond donors (Lipinski definition) is 0. The molecule has 20 heavy (non-hydrogen) atoms. The van der Waals surface area contributed by atoms with Crippen LogP contribution in [0.3, 0.4) is 0 Å². The molecule has 0 unspecified atom stereocenters. The molecule has 1 aromatic carbocycles. The van der Waals surface area contributed by atoms with Crippen LogP contribution < -0.4 is 0 Å². The zero-order valence-corrected chi connectivity index (χ0v) is 11.9. The molecule has 0 aromatic heterocycles. The van der Waals surface area contributed by atoms with Crippen LogP contribution in [0.1, 0.15) is 61.8 Å². The van der Waals surface area contributed by atoms with Gasteiger partial charge in [0, 0.05) is 24.0 Å². The van der Waals surface area contributed by atoms with Crippen LogP contribution in [0.15, 0.2) is 12.1 Å². The van der Waals surface area contributed by atoms with Crippen LogP contribution >= 0.6 is 0 Å². The number of nitriles is 2. The first-order valence-electron chi connectivity index (χ1n) is 6.72. The number of unbranched alkanes of at least 4 members (excludes halogenated alkanes) is 2. The third-order valence-electron chi connectivity index (χ3n) is 2.59. The lowest BCUT2D eigenvalue weighted by molar-refractivity contribution is 0.982. The van der Waals surface area contributed by atoms with Crippen molar-refractivity contribution in [2.45, 2.75) is 39.5 Å². The van der Waals surface area contributed by atoms with Gasteiger partial charge in [-0.1, -0.05) is 37.5 Å². The van der Waals surface area contributed by atoms with E-state index in [0.29, 0.717) is 11.1 Å². The Morgan fingerprint density at radius 1 is 0.750 bits per heavy atom. The van der Waals surface area contributed by atoms with Crippen LogP contribution in [0.25, 0.3) is 0 Å². The predicted molar refractivity (Wildman–Crippen MR) is 79.4 cm³/mol. The summed E-state index contributed by atoms with van der Waals surface area (Å²) in [5.41, 5.74) is 2.18. The standard InChI is InChI=1S/C18H16N2/c1-3-5-7-9-15-11-17(13-19)18(14-20)12-16(15)10-8-6-4-2/h11-12H,3-6H2,1-2H3. The summed E-state index contributed by atoms with van der Waals surface area (Å²) in [5, 5.41) is 18.1. The number of rotatable bonds is 2. The highest BCUT2D eigenvalue weighted by molar-refractivity contribution is 5.59. The number of nitrogens with zero attached hydrogens (tertiary/aromatic N) is 2. The Labute approximate surface area is 121 Å². The lowest BCUT2D eigenvalue weighted by Crippen LogP contribution is -1.91. The molecule has 0 saturated heterocycles. The van der Waals surface area contributed by atoms with Gasteiger partial charge in [0.05, 0.1) is 11.1 Å². The maximum Gasteiger partial charge on any atom is 0.101 e. The van der Waals surface area contributed by atoms with Crippen molar-refractivity contribution in [3.8, 4) is 35.8 Å². The molecule has 0 aliphatic heterocycles. The van der Waals surface area contributed by atoms with E-state index in [1.165, 1.54) is 0 Å². The fraction of sp³-hybridized carbons (Fsp3) is 0.333. The Morgan fingerprint density at radius 3 is 1.45 bits per heavy atom. The summed E-state index contributed by atoms with van der Waals surface area (Å²) in [5.74, 6) is 12.2. The van der Waals surface area contributed by atoms with E-state index in [1.807, 2.05) is 12.1 Å². The average Bonchev–Trinajstić information content (AvgIpc) is 2.48. The minimum absolute atomic E-state index is 0.356. The third kappa shape index (κ3) is 4.21. The molecule has 0 atom stereocenters. The van der Waals surface area contributed by atoms with E-state index in [0.717, 1.165) is 36.8 Å². The van der Waals surface area contributed by atoms with Gasteiger partial charge >= 0.3 is 0 Å². The van der Waals surface area contributed by atoms with E-state index < -0.39 is 0 Å². The molecule has 98 valence electrons. The molecule has 0 bridgehead atoms. The Bertz CT molecular complexity index is 616. The van der Waals surface area contributed by atoms with Crippen molar-refractivity contribution in [3.63, 3.8) is 0 Å². The topological polar surface area (TPSA) is 47.6 Å². The van der Waals surface area contributed by atoms with E-state index in [9.17, 15) is 0 Å². The molecule has 0 amide bonds. The predicted octanol–water partition coefficient (Wildman–Crippen LogP) is 3.73. The largest absolute Gasteiger partial charge is 0.192 e. The van der Waals surface area contributed by atoms with Gasteiger partial charge in [-0.15, -0.1) is 0 Å². The molecule has 0 saturated carbocycles. The van der Waals surface area contributed by atoms with Crippen LogP contribution in [0.2, 0.25) is 0 Å². The Morgan fingerprint density at radius 2 is 1.15 bits per heavy atom. The van der Waals surface area contributed by atoms with Gasteiger partial charge in [-0.25, -0.2) is 0 Å². The van der Waals surface area contributed by atoms with Crippen molar-refractivity contribution in [2.75, 3.05) is 0 Å². The minimum atomic E-state index is 0.356. The number of benzene rings is 1. The summed E-state index contributed by atoms with van der Waals surface area (Å²) < 4.78 is 0. The molecular formula is C18H16N2. The molecule has 0 N–H and O–H groups in total. The maximum absolute atomic E-state index is 9.07. The lowest BCUT2D eigenvalue weighted by atomic mass is 9.99. The Hall–Kier alpha value is -2.68. The lowest BCUT2D eigenvalue weighted by Gasteiger charge is -2.00. The van der Waals surface area contributed by atoms with E-state index in [1.54, 1.807) is 12.1 Å². The van der Waals surface area contributed by atoms with Gasteiger partial charge in [0.25, 0.3) is 0 Å². The molecule has 0 radical (unpaired) electrons. The van der Waals surface area contributed by atoms with E-state index in [4.69, 9.17) is 10.5 Å². The van der Waals surface area contributed by atoms with Gasteiger partial charge in [0.15, 0.2) is 0 Å². The van der Waals surface area contributed by atoms with E-state index >= 15 is 0 Å². The van der Waals surface area contributed by atoms with Gasteiger partial charge < -0.3 is 0 Å². The van der Waals surface area contributed by atoms with Crippen molar-refractivity contribution in [1.29, 1.82) is 10.5 Å². The Kier molecular flexibility index (Phi) is 6.48. The summed E-state index contributed by atoms with van der Waals surface area (Å²) in [4.78, 5) is 0. The minimum Gasteiger partial charge on any atom is -0.192 e. The highest BCUT2D eigenvalue weighted by Gasteiger charge is 2.06. The van der Waals surface area contributed by atoms with E-state index in [2.05, 4.69) is 37.5 Å². The zero-order chi connectivity index (χ0) is 14.8. The first-order valence-corrected chi connectivity index (χ1v) is 6.72. The summed E-state index contributed by atoms with van der Waals surface area (Å²) >= 11 is 0. The van der Waals surface area contributed by atoms with Gasteiger partial charge in [-0.2, -0.15) is 10.5 Å². The van der Waals surface area contributed by atoms with E-state index in [-0.39, 0.29) is 0 Å². The molecule has 0 fully saturated rings. The van der Waals surface area contributed by atoms with Gasteiger partial charge in [0.2, 0.25) is 0 Å². The SMILES string of the molecule is CCCC#Cc1cc(C#N)c(C#N)cc1C#CCCC. The molecule has 0 aliphatic rings. The second-order valence-corrected chi connectivity index (χ2v) is 4.27. The Balaban J connectivity index is 3.33. The molecule has 2 heteroatoms. The van der Waals surface area contributed by atoms with Crippen LogP contribution in [0.5, 0.6) is 0 Å². The second kappa shape index (κ2) is 8.43. The van der Waals surface area contributed by atoms with Gasteiger partial charge in [-0.3, -0.25) is 0 Å². The van der Waals surface area contributed by atoms with Gasteiger partial charge in [0.1, 0.15) is 12.1 Å². The average molecular weight is 260 g/mol. The quantitative estimate of drug-likeness (QED) is 0.760. The smallest absolute Gasteiger partial charge is 0.101 e. The highest BCUT2D eigenvalue weighted by Crippen LogP contribution is 2.15. The fourth-order valence-corrected chi connectivity index (χ4v) is 1.56. The molecular weight excluding hydrogens is 244 g/mol. The fourth-order valence-electron chi connectivity index (χ4n) is 1.56. The molecule has 0 heterocycles. The van der Waals surface area contributed by atoms with Crippen molar-refractivity contribution >= 4 is 0 Å². The van der Waals surface area contributed by atoms with Crippen molar-refractivity contribution in [1.82, 2.24) is 0 Å². The molecule has 2 nitrogen and oxygen atoms in total. The number of hydrogen-bond acceptors (Lipinski definition) is 2. The first-order chi connectivity index (χ1) is 9.76. The van der Waals surface area contributed by atoms with Crippen molar-refractivity contribution in [3.05, 3.63) is 34.4 Å². The van der Waals surface area contributed by atoms with Crippen LogP contribution in [-0.4, -0.2) is 0 Å². The summed E-state index contributed by atoms with van der Waals surface area (Å²) in [6.07, 6.45) is 3.60. The first kappa shape index (κ1) is 15.4. The normalized spacial score (nSPS) is 8.40. The van der Waals surface area contributed by atoms with Gasteiger partial charge in [-0.05, 0) is 25.0 Å². The third-order valence-corrected chi connectivity index (χ3v) is 2.59. The van der Waals surface area contributed by atoms with Crippen LogP contribution in [0, 0.1) is 46.3 Å².